The van der Waals surface area contributed by atoms with Gasteiger partial charge in [0.25, 0.3) is 0 Å². The highest BCUT2D eigenvalue weighted by Gasteiger charge is 2.13. The van der Waals surface area contributed by atoms with E-state index in [1.807, 2.05) is 0 Å². The molecule has 3 heterocycles. The van der Waals surface area contributed by atoms with Crippen molar-refractivity contribution in [3.05, 3.63) is 60.0 Å². The van der Waals surface area contributed by atoms with E-state index in [9.17, 15) is 10.5 Å². The lowest BCUT2D eigenvalue weighted by Crippen LogP contribution is -2.05. The van der Waals surface area contributed by atoms with Crippen LogP contribution in [-0.2, 0) is 0 Å². The number of aromatic nitrogens is 4. The predicted molar refractivity (Wildman–Crippen MR) is 113 cm³/mol. The molecule has 0 radical (unpaired) electrons. The fraction of sp³-hybridized carbons (Fsp3) is 0.0952. The molecule has 0 atom stereocenters. The van der Waals surface area contributed by atoms with Crippen molar-refractivity contribution in [1.29, 1.82) is 10.5 Å². The summed E-state index contributed by atoms with van der Waals surface area (Å²) in [5.41, 5.74) is 2.36. The molecule has 10 nitrogen and oxygen atoms in total. The summed E-state index contributed by atoms with van der Waals surface area (Å²) in [7, 11) is 3.10. The minimum Gasteiger partial charge on any atom is -0.497 e. The molecule has 2 N–H and O–H groups in total. The molecule has 0 bridgehead atoms. The summed E-state index contributed by atoms with van der Waals surface area (Å²) < 4.78 is 11.8. The number of nitriles is 2. The standard InChI is InChI=1S/C21H16N8O2/c1-30-16-3-4-19(24-12-16)27-18-8-20(28-29-15(10-23)11-25-21(18)29)26-14-5-13(9-22)6-17(7-14)31-2/h3-8,11-12H,1-2H3,(H,24,27)(H,26,28). The Hall–Kier alpha value is -4.83. The minimum atomic E-state index is 0.271. The molecule has 1 aromatic carbocycles. The van der Waals surface area contributed by atoms with Crippen molar-refractivity contribution in [3.63, 3.8) is 0 Å². The fourth-order valence-electron chi connectivity index (χ4n) is 2.91. The van der Waals surface area contributed by atoms with E-state index in [4.69, 9.17) is 9.47 Å². The van der Waals surface area contributed by atoms with Gasteiger partial charge in [-0.2, -0.15) is 15.0 Å². The number of fused-ring (bicyclic) bond motifs is 1. The zero-order valence-electron chi connectivity index (χ0n) is 16.6. The second kappa shape index (κ2) is 8.27. The van der Waals surface area contributed by atoms with Gasteiger partial charge < -0.3 is 20.1 Å². The second-order valence-electron chi connectivity index (χ2n) is 6.33. The largest absolute Gasteiger partial charge is 0.497 e. The molecule has 0 aliphatic carbocycles. The van der Waals surface area contributed by atoms with Crippen LogP contribution in [0.1, 0.15) is 11.3 Å². The summed E-state index contributed by atoms with van der Waals surface area (Å²) in [6.45, 7) is 0. The van der Waals surface area contributed by atoms with Crippen molar-refractivity contribution in [2.24, 2.45) is 0 Å². The smallest absolute Gasteiger partial charge is 0.179 e. The van der Waals surface area contributed by atoms with Gasteiger partial charge in [-0.25, -0.2) is 9.97 Å². The third-order valence-electron chi connectivity index (χ3n) is 4.36. The van der Waals surface area contributed by atoms with Crippen LogP contribution < -0.4 is 20.1 Å². The Morgan fingerprint density at radius 2 is 1.71 bits per heavy atom. The van der Waals surface area contributed by atoms with Crippen LogP contribution in [0.3, 0.4) is 0 Å². The molecule has 4 rings (SSSR count). The summed E-state index contributed by atoms with van der Waals surface area (Å²) >= 11 is 0. The monoisotopic (exact) mass is 412 g/mol. The fourth-order valence-corrected chi connectivity index (χ4v) is 2.91. The Morgan fingerprint density at radius 1 is 0.871 bits per heavy atom. The molecule has 0 aliphatic heterocycles. The van der Waals surface area contributed by atoms with Crippen LogP contribution in [0.15, 0.2) is 48.8 Å². The molecule has 31 heavy (non-hydrogen) atoms. The van der Waals surface area contributed by atoms with Gasteiger partial charge in [-0.1, -0.05) is 0 Å². The first-order valence-corrected chi connectivity index (χ1v) is 9.05. The van der Waals surface area contributed by atoms with E-state index in [0.29, 0.717) is 45.7 Å². The number of nitrogens with one attached hydrogen (secondary N) is 2. The molecule has 0 saturated heterocycles. The first kappa shape index (κ1) is 19.5. The molecule has 0 amide bonds. The van der Waals surface area contributed by atoms with Gasteiger partial charge in [0.1, 0.15) is 23.4 Å². The molecule has 0 saturated carbocycles. The third-order valence-corrected chi connectivity index (χ3v) is 4.36. The molecule has 0 spiro atoms. The van der Waals surface area contributed by atoms with Crippen molar-refractivity contribution in [1.82, 2.24) is 19.6 Å². The van der Waals surface area contributed by atoms with Gasteiger partial charge in [-0.15, -0.1) is 5.10 Å². The molecular weight excluding hydrogens is 396 g/mol. The van der Waals surface area contributed by atoms with Gasteiger partial charge in [0.05, 0.1) is 43.9 Å². The Bertz CT molecular complexity index is 1330. The summed E-state index contributed by atoms with van der Waals surface area (Å²) in [5.74, 6) is 2.15. The summed E-state index contributed by atoms with van der Waals surface area (Å²) in [4.78, 5) is 8.60. The number of rotatable bonds is 6. The van der Waals surface area contributed by atoms with Gasteiger partial charge in [0.15, 0.2) is 17.2 Å². The average Bonchev–Trinajstić information content (AvgIpc) is 3.22. The van der Waals surface area contributed by atoms with E-state index in [0.717, 1.165) is 0 Å². The van der Waals surface area contributed by atoms with Crippen LogP contribution in [0.2, 0.25) is 0 Å². The number of methoxy groups -OCH3 is 2. The average molecular weight is 412 g/mol. The van der Waals surface area contributed by atoms with Gasteiger partial charge in [0.2, 0.25) is 0 Å². The van der Waals surface area contributed by atoms with Crippen molar-refractivity contribution in [3.8, 4) is 23.6 Å². The van der Waals surface area contributed by atoms with Crippen LogP contribution >= 0.6 is 0 Å². The van der Waals surface area contributed by atoms with Crippen LogP contribution in [0, 0.1) is 22.7 Å². The molecular formula is C21H16N8O2. The molecule has 0 aliphatic rings. The van der Waals surface area contributed by atoms with Crippen molar-refractivity contribution < 1.29 is 9.47 Å². The van der Waals surface area contributed by atoms with Crippen LogP contribution in [0.4, 0.5) is 23.0 Å². The Labute approximate surface area is 177 Å². The van der Waals surface area contributed by atoms with E-state index in [-0.39, 0.29) is 5.69 Å². The lowest BCUT2D eigenvalue weighted by molar-refractivity contribution is 0.413. The Morgan fingerprint density at radius 3 is 2.39 bits per heavy atom. The highest BCUT2D eigenvalue weighted by molar-refractivity contribution is 5.77. The van der Waals surface area contributed by atoms with Gasteiger partial charge in [0, 0.05) is 17.8 Å². The maximum absolute atomic E-state index is 9.41. The number of anilines is 4. The number of nitrogens with zero attached hydrogens (tertiary/aromatic N) is 6. The summed E-state index contributed by atoms with van der Waals surface area (Å²) in [5, 5.41) is 29.5. The maximum atomic E-state index is 9.41. The number of hydrogen-bond donors (Lipinski definition) is 2. The predicted octanol–water partition coefficient (Wildman–Crippen LogP) is 3.37. The second-order valence-corrected chi connectivity index (χ2v) is 6.33. The number of ether oxygens (including phenoxy) is 2. The van der Waals surface area contributed by atoms with Crippen LogP contribution in [0.25, 0.3) is 5.65 Å². The van der Waals surface area contributed by atoms with Gasteiger partial charge in [-0.05, 0) is 24.3 Å². The van der Waals surface area contributed by atoms with E-state index < -0.39 is 0 Å². The summed E-state index contributed by atoms with van der Waals surface area (Å²) in [6.07, 6.45) is 3.03. The van der Waals surface area contributed by atoms with Crippen molar-refractivity contribution in [2.45, 2.75) is 0 Å². The zero-order chi connectivity index (χ0) is 21.8. The number of hydrogen-bond acceptors (Lipinski definition) is 9. The Kier molecular flexibility index (Phi) is 5.20. The minimum absolute atomic E-state index is 0.271. The third kappa shape index (κ3) is 3.99. The lowest BCUT2D eigenvalue weighted by Gasteiger charge is -2.12. The van der Waals surface area contributed by atoms with Crippen LogP contribution in [0.5, 0.6) is 11.5 Å². The first-order valence-electron chi connectivity index (χ1n) is 9.05. The highest BCUT2D eigenvalue weighted by Crippen LogP contribution is 2.27. The van der Waals surface area contributed by atoms with E-state index in [1.165, 1.54) is 17.8 Å². The molecule has 152 valence electrons. The maximum Gasteiger partial charge on any atom is 0.179 e. The number of imidazole rings is 1. The molecule has 3 aromatic heterocycles. The zero-order valence-corrected chi connectivity index (χ0v) is 16.6. The normalized spacial score (nSPS) is 10.2. The van der Waals surface area contributed by atoms with E-state index >= 15 is 0 Å². The molecule has 0 unspecified atom stereocenters. The van der Waals surface area contributed by atoms with Crippen molar-refractivity contribution >= 4 is 28.7 Å². The number of pyridine rings is 1. The quantitative estimate of drug-likeness (QED) is 0.489. The molecule has 4 aromatic rings. The molecule has 0 fully saturated rings. The summed E-state index contributed by atoms with van der Waals surface area (Å²) in [6, 6.07) is 14.5. The lowest BCUT2D eigenvalue weighted by atomic mass is 10.2. The van der Waals surface area contributed by atoms with Gasteiger partial charge >= 0.3 is 0 Å². The van der Waals surface area contributed by atoms with Crippen molar-refractivity contribution in [2.75, 3.05) is 24.9 Å². The van der Waals surface area contributed by atoms with Crippen LogP contribution in [-0.4, -0.2) is 33.8 Å². The SMILES string of the molecule is COc1ccc(Nc2cc(Nc3cc(C#N)cc(OC)c3)nn3c(C#N)cnc23)nc1. The Balaban J connectivity index is 1.76. The van der Waals surface area contributed by atoms with E-state index in [1.54, 1.807) is 49.7 Å². The topological polar surface area (TPSA) is 133 Å². The van der Waals surface area contributed by atoms with E-state index in [2.05, 4.69) is 37.8 Å². The first-order chi connectivity index (χ1) is 15.1. The number of benzene rings is 1. The molecule has 10 heteroatoms. The highest BCUT2D eigenvalue weighted by atomic mass is 16.5. The van der Waals surface area contributed by atoms with Gasteiger partial charge in [-0.3, -0.25) is 0 Å².